The molecule has 1 aromatic rings. The fourth-order valence-electron chi connectivity index (χ4n) is 1.67. The average Bonchev–Trinajstić information content (AvgIpc) is 2.69. The van der Waals surface area contributed by atoms with Crippen LogP contribution in [0.5, 0.6) is 0 Å². The van der Waals surface area contributed by atoms with Crippen molar-refractivity contribution in [3.63, 3.8) is 0 Å². The van der Waals surface area contributed by atoms with Gasteiger partial charge in [-0.3, -0.25) is 5.10 Å². The topological polar surface area (TPSA) is 40.7 Å². The highest BCUT2D eigenvalue weighted by atomic mass is 15.1. The van der Waals surface area contributed by atoms with Gasteiger partial charge in [0.1, 0.15) is 0 Å². The molecule has 1 aliphatic carbocycles. The SMILES string of the molecule is Cc1n[nH]c(C)c1CNC1CC1C. The maximum Gasteiger partial charge on any atom is 0.0638 e. The van der Waals surface area contributed by atoms with Crippen LogP contribution in [0.1, 0.15) is 30.3 Å². The predicted molar refractivity (Wildman–Crippen MR) is 52.5 cm³/mol. The predicted octanol–water partition coefficient (Wildman–Crippen LogP) is 1.52. The van der Waals surface area contributed by atoms with E-state index in [1.165, 1.54) is 17.7 Å². The summed E-state index contributed by atoms with van der Waals surface area (Å²) in [6.07, 6.45) is 1.33. The number of hydrogen-bond acceptors (Lipinski definition) is 2. The molecule has 3 heteroatoms. The molecule has 0 spiro atoms. The number of aryl methyl sites for hydroxylation is 2. The fraction of sp³-hybridized carbons (Fsp3) is 0.700. The van der Waals surface area contributed by atoms with Crippen LogP contribution in [0.4, 0.5) is 0 Å². The second-order valence-corrected chi connectivity index (χ2v) is 4.11. The van der Waals surface area contributed by atoms with Crippen LogP contribution in [0.25, 0.3) is 0 Å². The minimum atomic E-state index is 0.744. The first kappa shape index (κ1) is 8.75. The molecule has 0 radical (unpaired) electrons. The van der Waals surface area contributed by atoms with Crippen LogP contribution in [-0.2, 0) is 6.54 Å². The highest BCUT2D eigenvalue weighted by Crippen LogP contribution is 2.29. The zero-order valence-electron chi connectivity index (χ0n) is 8.52. The lowest BCUT2D eigenvalue weighted by Crippen LogP contribution is -2.17. The molecule has 13 heavy (non-hydrogen) atoms. The number of nitrogens with zero attached hydrogens (tertiary/aromatic N) is 1. The van der Waals surface area contributed by atoms with Gasteiger partial charge in [-0.15, -0.1) is 0 Å². The Morgan fingerprint density at radius 2 is 2.23 bits per heavy atom. The van der Waals surface area contributed by atoms with E-state index in [-0.39, 0.29) is 0 Å². The number of H-pyrrole nitrogens is 1. The minimum absolute atomic E-state index is 0.744. The van der Waals surface area contributed by atoms with Crippen LogP contribution in [0.2, 0.25) is 0 Å². The Bertz CT molecular complexity index is 284. The van der Waals surface area contributed by atoms with Crippen molar-refractivity contribution in [3.8, 4) is 0 Å². The molecule has 2 rings (SSSR count). The van der Waals surface area contributed by atoms with Crippen molar-refractivity contribution in [3.05, 3.63) is 17.0 Å². The van der Waals surface area contributed by atoms with Crippen molar-refractivity contribution >= 4 is 0 Å². The molecule has 1 aliphatic rings. The second kappa shape index (κ2) is 3.14. The molecule has 2 N–H and O–H groups in total. The summed E-state index contributed by atoms with van der Waals surface area (Å²) in [5.74, 6) is 0.868. The molecule has 0 aromatic carbocycles. The zero-order valence-corrected chi connectivity index (χ0v) is 8.52. The van der Waals surface area contributed by atoms with Gasteiger partial charge in [-0.2, -0.15) is 5.10 Å². The van der Waals surface area contributed by atoms with Crippen LogP contribution in [0.3, 0.4) is 0 Å². The Kier molecular flexibility index (Phi) is 2.12. The molecule has 72 valence electrons. The quantitative estimate of drug-likeness (QED) is 0.738. The summed E-state index contributed by atoms with van der Waals surface area (Å²) in [4.78, 5) is 0. The molecule has 0 saturated heterocycles. The van der Waals surface area contributed by atoms with E-state index in [1.54, 1.807) is 0 Å². The van der Waals surface area contributed by atoms with Crippen molar-refractivity contribution in [2.45, 2.75) is 39.8 Å². The summed E-state index contributed by atoms with van der Waals surface area (Å²) in [6, 6.07) is 0.744. The Balaban J connectivity index is 1.93. The molecular formula is C10H17N3. The number of aromatic nitrogens is 2. The van der Waals surface area contributed by atoms with Crippen molar-refractivity contribution in [1.29, 1.82) is 0 Å². The van der Waals surface area contributed by atoms with E-state index >= 15 is 0 Å². The molecule has 0 amide bonds. The first-order valence-electron chi connectivity index (χ1n) is 4.92. The van der Waals surface area contributed by atoms with E-state index in [1.807, 2.05) is 0 Å². The van der Waals surface area contributed by atoms with Crippen molar-refractivity contribution < 1.29 is 0 Å². The summed E-state index contributed by atoms with van der Waals surface area (Å²) in [5, 5.41) is 10.7. The Morgan fingerprint density at radius 1 is 1.54 bits per heavy atom. The van der Waals surface area contributed by atoms with E-state index < -0.39 is 0 Å². The molecule has 1 aromatic heterocycles. The van der Waals surface area contributed by atoms with Gasteiger partial charge < -0.3 is 5.32 Å². The largest absolute Gasteiger partial charge is 0.310 e. The summed E-state index contributed by atoms with van der Waals surface area (Å²) in [7, 11) is 0. The zero-order chi connectivity index (χ0) is 9.42. The van der Waals surface area contributed by atoms with Crippen LogP contribution in [-0.4, -0.2) is 16.2 Å². The van der Waals surface area contributed by atoms with Gasteiger partial charge in [-0.05, 0) is 26.2 Å². The van der Waals surface area contributed by atoms with Gasteiger partial charge in [-0.1, -0.05) is 6.92 Å². The Morgan fingerprint density at radius 3 is 2.69 bits per heavy atom. The van der Waals surface area contributed by atoms with Gasteiger partial charge >= 0.3 is 0 Å². The van der Waals surface area contributed by atoms with Crippen LogP contribution in [0.15, 0.2) is 0 Å². The molecule has 2 atom stereocenters. The van der Waals surface area contributed by atoms with Crippen molar-refractivity contribution in [2.75, 3.05) is 0 Å². The van der Waals surface area contributed by atoms with Gasteiger partial charge in [0.25, 0.3) is 0 Å². The van der Waals surface area contributed by atoms with E-state index in [0.717, 1.165) is 24.2 Å². The standard InChI is InChI=1S/C10H17N3/c1-6-4-10(6)11-5-9-7(2)12-13-8(9)3/h6,10-11H,4-5H2,1-3H3,(H,12,13). The molecule has 1 fully saturated rings. The fourth-order valence-corrected chi connectivity index (χ4v) is 1.67. The lowest BCUT2D eigenvalue weighted by molar-refractivity contribution is 0.649. The number of hydrogen-bond donors (Lipinski definition) is 2. The summed E-state index contributed by atoms with van der Waals surface area (Å²) >= 11 is 0. The van der Waals surface area contributed by atoms with Gasteiger partial charge in [-0.25, -0.2) is 0 Å². The van der Waals surface area contributed by atoms with Gasteiger partial charge in [0.05, 0.1) is 5.69 Å². The first-order valence-corrected chi connectivity index (χ1v) is 4.92. The first-order chi connectivity index (χ1) is 6.18. The normalized spacial score (nSPS) is 26.4. The third-order valence-corrected chi connectivity index (χ3v) is 2.93. The van der Waals surface area contributed by atoms with Gasteiger partial charge in [0.15, 0.2) is 0 Å². The van der Waals surface area contributed by atoms with Gasteiger partial charge in [0, 0.05) is 23.8 Å². The second-order valence-electron chi connectivity index (χ2n) is 4.11. The Hall–Kier alpha value is -0.830. The Labute approximate surface area is 78.9 Å². The number of rotatable bonds is 3. The van der Waals surface area contributed by atoms with Gasteiger partial charge in [0.2, 0.25) is 0 Å². The molecule has 0 bridgehead atoms. The number of aromatic amines is 1. The molecule has 3 nitrogen and oxygen atoms in total. The maximum absolute atomic E-state index is 4.17. The highest BCUT2D eigenvalue weighted by Gasteiger charge is 2.31. The smallest absolute Gasteiger partial charge is 0.0638 e. The van der Waals surface area contributed by atoms with E-state index in [0.29, 0.717) is 0 Å². The summed E-state index contributed by atoms with van der Waals surface area (Å²) < 4.78 is 0. The third kappa shape index (κ3) is 1.75. The highest BCUT2D eigenvalue weighted by molar-refractivity contribution is 5.23. The molecule has 0 aliphatic heterocycles. The maximum atomic E-state index is 4.17. The van der Waals surface area contributed by atoms with Crippen LogP contribution >= 0.6 is 0 Å². The third-order valence-electron chi connectivity index (χ3n) is 2.93. The van der Waals surface area contributed by atoms with Crippen molar-refractivity contribution in [2.24, 2.45) is 5.92 Å². The van der Waals surface area contributed by atoms with Crippen LogP contribution < -0.4 is 5.32 Å². The van der Waals surface area contributed by atoms with Crippen LogP contribution in [0, 0.1) is 19.8 Å². The monoisotopic (exact) mass is 179 g/mol. The molecule has 2 unspecified atom stereocenters. The van der Waals surface area contributed by atoms with E-state index in [2.05, 4.69) is 36.3 Å². The van der Waals surface area contributed by atoms with E-state index in [4.69, 9.17) is 0 Å². The molecule has 1 saturated carbocycles. The lowest BCUT2D eigenvalue weighted by atomic mass is 10.2. The van der Waals surface area contributed by atoms with Crippen molar-refractivity contribution in [1.82, 2.24) is 15.5 Å². The number of nitrogens with one attached hydrogen (secondary N) is 2. The molecule has 1 heterocycles. The average molecular weight is 179 g/mol. The summed E-state index contributed by atoms with van der Waals surface area (Å²) in [6.45, 7) is 7.38. The summed E-state index contributed by atoms with van der Waals surface area (Å²) in [5.41, 5.74) is 3.65. The minimum Gasteiger partial charge on any atom is -0.310 e. The molecular weight excluding hydrogens is 162 g/mol. The lowest BCUT2D eigenvalue weighted by Gasteiger charge is -2.02. The van der Waals surface area contributed by atoms with E-state index in [9.17, 15) is 0 Å².